The maximum atomic E-state index is 12.2. The molecule has 6 heteroatoms. The van der Waals surface area contributed by atoms with Gasteiger partial charge in [-0.15, -0.1) is 0 Å². The van der Waals surface area contributed by atoms with Crippen LogP contribution in [0.25, 0.3) is 0 Å². The molecule has 22 heavy (non-hydrogen) atoms. The summed E-state index contributed by atoms with van der Waals surface area (Å²) in [5, 5.41) is 0.208. The zero-order valence-electron chi connectivity index (χ0n) is 13.3. The molecule has 0 saturated heterocycles. The van der Waals surface area contributed by atoms with Crippen molar-refractivity contribution in [3.05, 3.63) is 22.7 Å². The Hall–Kier alpha value is -1.20. The summed E-state index contributed by atoms with van der Waals surface area (Å²) in [6, 6.07) is 0. The molecule has 1 aliphatic rings. The van der Waals surface area contributed by atoms with Crippen molar-refractivity contribution in [2.24, 2.45) is 11.7 Å². The SMILES string of the molecule is CCCCC(CC)COC(=O)c1nc(C2(N)CC2)ncc1Cl. The number of carbonyl (C=O) groups is 1. The average Bonchev–Trinajstić information content (AvgIpc) is 3.26. The summed E-state index contributed by atoms with van der Waals surface area (Å²) in [5.41, 5.74) is 5.69. The van der Waals surface area contributed by atoms with Crippen LogP contribution in [0, 0.1) is 5.92 Å². The quantitative estimate of drug-likeness (QED) is 0.741. The zero-order chi connectivity index (χ0) is 16.2. The van der Waals surface area contributed by atoms with Gasteiger partial charge in [-0.3, -0.25) is 0 Å². The number of hydrogen-bond acceptors (Lipinski definition) is 5. The van der Waals surface area contributed by atoms with Gasteiger partial charge in [0.25, 0.3) is 0 Å². The average molecular weight is 326 g/mol. The minimum atomic E-state index is -0.493. The van der Waals surface area contributed by atoms with Crippen LogP contribution in [0.5, 0.6) is 0 Å². The number of hydrogen-bond donors (Lipinski definition) is 1. The Kier molecular flexibility index (Phi) is 5.75. The van der Waals surface area contributed by atoms with Gasteiger partial charge >= 0.3 is 5.97 Å². The van der Waals surface area contributed by atoms with Crippen LogP contribution in [0.15, 0.2) is 6.20 Å². The molecule has 1 aromatic rings. The van der Waals surface area contributed by atoms with Crippen molar-refractivity contribution in [1.29, 1.82) is 0 Å². The number of rotatable bonds is 8. The highest BCUT2D eigenvalue weighted by molar-refractivity contribution is 6.33. The number of unbranched alkanes of at least 4 members (excludes halogenated alkanes) is 1. The molecule has 0 aromatic carbocycles. The molecule has 1 unspecified atom stereocenters. The Bertz CT molecular complexity index is 532. The summed E-state index contributed by atoms with van der Waals surface area (Å²) in [6.07, 6.45) is 7.43. The van der Waals surface area contributed by atoms with Crippen LogP contribution < -0.4 is 5.73 Å². The van der Waals surface area contributed by atoms with E-state index in [4.69, 9.17) is 22.1 Å². The van der Waals surface area contributed by atoms with Crippen LogP contribution in [-0.4, -0.2) is 22.5 Å². The molecule has 0 spiro atoms. The third-order valence-corrected chi connectivity index (χ3v) is 4.44. The topological polar surface area (TPSA) is 78.1 Å². The summed E-state index contributed by atoms with van der Waals surface area (Å²) >= 11 is 6.03. The fraction of sp³-hybridized carbons (Fsp3) is 0.688. The molecule has 1 aromatic heterocycles. The number of esters is 1. The summed E-state index contributed by atoms with van der Waals surface area (Å²) in [6.45, 7) is 4.66. The predicted molar refractivity (Wildman–Crippen MR) is 85.7 cm³/mol. The Balaban J connectivity index is 1.99. The molecule has 0 bridgehead atoms. The van der Waals surface area contributed by atoms with Gasteiger partial charge in [-0.1, -0.05) is 44.7 Å². The van der Waals surface area contributed by atoms with Crippen molar-refractivity contribution in [3.63, 3.8) is 0 Å². The molecule has 0 radical (unpaired) electrons. The second kappa shape index (κ2) is 7.38. The Morgan fingerprint density at radius 1 is 1.50 bits per heavy atom. The van der Waals surface area contributed by atoms with Gasteiger partial charge in [0.1, 0.15) is 5.82 Å². The number of nitrogens with two attached hydrogens (primary N) is 1. The minimum absolute atomic E-state index is 0.119. The van der Waals surface area contributed by atoms with E-state index in [-0.39, 0.29) is 10.7 Å². The monoisotopic (exact) mass is 325 g/mol. The first-order chi connectivity index (χ1) is 10.5. The van der Waals surface area contributed by atoms with E-state index < -0.39 is 11.5 Å². The van der Waals surface area contributed by atoms with Crippen molar-refractivity contribution >= 4 is 17.6 Å². The molecule has 1 atom stereocenters. The predicted octanol–water partition coefficient (Wildman–Crippen LogP) is 3.45. The minimum Gasteiger partial charge on any atom is -0.461 e. The molecule has 0 aliphatic heterocycles. The molecule has 2 rings (SSSR count). The zero-order valence-corrected chi connectivity index (χ0v) is 14.0. The van der Waals surface area contributed by atoms with E-state index >= 15 is 0 Å². The van der Waals surface area contributed by atoms with Gasteiger partial charge in [-0.25, -0.2) is 14.8 Å². The smallest absolute Gasteiger partial charge is 0.358 e. The Morgan fingerprint density at radius 3 is 2.82 bits per heavy atom. The van der Waals surface area contributed by atoms with Gasteiger partial charge in [-0.2, -0.15) is 0 Å². The van der Waals surface area contributed by atoms with Gasteiger partial charge < -0.3 is 10.5 Å². The second-order valence-electron chi connectivity index (χ2n) is 6.06. The van der Waals surface area contributed by atoms with Crippen molar-refractivity contribution in [2.75, 3.05) is 6.61 Å². The summed E-state index contributed by atoms with van der Waals surface area (Å²) in [5.74, 6) is 0.364. The highest BCUT2D eigenvalue weighted by Crippen LogP contribution is 2.40. The molecule has 5 nitrogen and oxygen atoms in total. The molecule has 1 aliphatic carbocycles. The van der Waals surface area contributed by atoms with Crippen LogP contribution >= 0.6 is 11.6 Å². The first-order valence-corrected chi connectivity index (χ1v) is 8.37. The van der Waals surface area contributed by atoms with Crippen molar-refractivity contribution < 1.29 is 9.53 Å². The lowest BCUT2D eigenvalue weighted by Gasteiger charge is -2.15. The molecule has 1 fully saturated rings. The number of halogens is 1. The number of aromatic nitrogens is 2. The fourth-order valence-electron chi connectivity index (χ4n) is 2.27. The Labute approximate surface area is 136 Å². The van der Waals surface area contributed by atoms with Crippen LogP contribution in [0.4, 0.5) is 0 Å². The normalized spacial score (nSPS) is 17.1. The first-order valence-electron chi connectivity index (χ1n) is 7.99. The highest BCUT2D eigenvalue weighted by Gasteiger charge is 2.43. The molecule has 2 N–H and O–H groups in total. The highest BCUT2D eigenvalue weighted by atomic mass is 35.5. The third kappa shape index (κ3) is 4.17. The van der Waals surface area contributed by atoms with Crippen molar-refractivity contribution in [2.45, 2.75) is 57.9 Å². The maximum absolute atomic E-state index is 12.2. The molecule has 1 saturated carbocycles. The van der Waals surface area contributed by atoms with E-state index in [2.05, 4.69) is 23.8 Å². The first kappa shape index (κ1) is 17.2. The van der Waals surface area contributed by atoms with E-state index in [1.165, 1.54) is 6.20 Å². The van der Waals surface area contributed by atoms with E-state index in [0.717, 1.165) is 38.5 Å². The van der Waals surface area contributed by atoms with Crippen LogP contribution in [0.2, 0.25) is 5.02 Å². The molecule has 0 amide bonds. The molecular weight excluding hydrogens is 302 g/mol. The van der Waals surface area contributed by atoms with Crippen LogP contribution in [-0.2, 0) is 10.3 Å². The number of ether oxygens (including phenoxy) is 1. The largest absolute Gasteiger partial charge is 0.461 e. The van der Waals surface area contributed by atoms with Crippen molar-refractivity contribution in [1.82, 2.24) is 9.97 Å². The molecule has 122 valence electrons. The molecular formula is C16H24ClN3O2. The maximum Gasteiger partial charge on any atom is 0.358 e. The third-order valence-electron chi connectivity index (χ3n) is 4.16. The van der Waals surface area contributed by atoms with Gasteiger partial charge in [0.05, 0.1) is 23.4 Å². The summed E-state index contributed by atoms with van der Waals surface area (Å²) < 4.78 is 5.39. The van der Waals surface area contributed by atoms with Gasteiger partial charge in [0.2, 0.25) is 0 Å². The Morgan fingerprint density at radius 2 is 2.23 bits per heavy atom. The van der Waals surface area contributed by atoms with Crippen molar-refractivity contribution in [3.8, 4) is 0 Å². The van der Waals surface area contributed by atoms with Crippen LogP contribution in [0.1, 0.15) is 68.7 Å². The standard InChI is InChI=1S/C16H24ClN3O2/c1-3-5-6-11(4-2)10-22-14(21)13-12(17)9-19-15(20-13)16(18)7-8-16/h9,11H,3-8,10,18H2,1-2H3. The van der Waals surface area contributed by atoms with E-state index in [0.29, 0.717) is 18.3 Å². The number of nitrogens with zero attached hydrogens (tertiary/aromatic N) is 2. The van der Waals surface area contributed by atoms with Gasteiger partial charge in [-0.05, 0) is 25.2 Å². The fourth-order valence-corrected chi connectivity index (χ4v) is 2.44. The second-order valence-corrected chi connectivity index (χ2v) is 6.47. The van der Waals surface area contributed by atoms with Gasteiger partial charge in [0, 0.05) is 0 Å². The summed E-state index contributed by atoms with van der Waals surface area (Å²) in [4.78, 5) is 20.6. The van der Waals surface area contributed by atoms with Crippen LogP contribution in [0.3, 0.4) is 0 Å². The van der Waals surface area contributed by atoms with E-state index in [1.54, 1.807) is 0 Å². The van der Waals surface area contributed by atoms with Gasteiger partial charge in [0.15, 0.2) is 5.69 Å². The summed E-state index contributed by atoms with van der Waals surface area (Å²) in [7, 11) is 0. The van der Waals surface area contributed by atoms with E-state index in [1.807, 2.05) is 0 Å². The lowest BCUT2D eigenvalue weighted by atomic mass is 10.0. The lowest BCUT2D eigenvalue weighted by molar-refractivity contribution is 0.0421. The lowest BCUT2D eigenvalue weighted by Crippen LogP contribution is -2.24. The number of carbonyl (C=O) groups excluding carboxylic acids is 1. The van der Waals surface area contributed by atoms with E-state index in [9.17, 15) is 4.79 Å². The molecule has 1 heterocycles.